The molecule has 0 amide bonds. The van der Waals surface area contributed by atoms with Gasteiger partial charge in [0.2, 0.25) is 0 Å². The Morgan fingerprint density at radius 3 is 2.92 bits per heavy atom. The zero-order valence-electron chi connectivity index (χ0n) is 8.54. The van der Waals surface area contributed by atoms with E-state index in [0.717, 1.165) is 12.8 Å². The highest BCUT2D eigenvalue weighted by Gasteiger charge is 2.15. The fraction of sp³-hybridized carbons (Fsp3) is 0.636. The van der Waals surface area contributed by atoms with Gasteiger partial charge in [-0.2, -0.15) is 5.26 Å². The van der Waals surface area contributed by atoms with Crippen molar-refractivity contribution in [2.45, 2.75) is 39.7 Å². The third-order valence-electron chi connectivity index (χ3n) is 2.12. The molecule has 1 atom stereocenters. The van der Waals surface area contributed by atoms with Gasteiger partial charge in [-0.3, -0.25) is 4.99 Å². The third-order valence-corrected chi connectivity index (χ3v) is 2.12. The number of rotatable bonds is 2. The van der Waals surface area contributed by atoms with E-state index in [2.05, 4.69) is 31.8 Å². The number of dihydropyridines is 1. The molecule has 70 valence electrons. The highest BCUT2D eigenvalue weighted by atomic mass is 14.8. The van der Waals surface area contributed by atoms with E-state index in [4.69, 9.17) is 5.26 Å². The number of allylic oxidation sites excluding steroid dienone is 1. The second-order valence-electron chi connectivity index (χ2n) is 4.10. The lowest BCUT2D eigenvalue weighted by Crippen LogP contribution is -2.15. The van der Waals surface area contributed by atoms with Crippen LogP contribution in [0.4, 0.5) is 0 Å². The van der Waals surface area contributed by atoms with Crippen LogP contribution in [0, 0.1) is 17.2 Å². The van der Waals surface area contributed by atoms with Crippen LogP contribution in [0.15, 0.2) is 16.6 Å². The van der Waals surface area contributed by atoms with Crippen LogP contribution in [0.5, 0.6) is 0 Å². The molecule has 0 aromatic carbocycles. The van der Waals surface area contributed by atoms with Gasteiger partial charge in [0, 0.05) is 0 Å². The molecule has 1 aliphatic rings. The predicted molar refractivity (Wildman–Crippen MR) is 54.7 cm³/mol. The van der Waals surface area contributed by atoms with Crippen LogP contribution in [-0.2, 0) is 0 Å². The van der Waals surface area contributed by atoms with Gasteiger partial charge >= 0.3 is 0 Å². The summed E-state index contributed by atoms with van der Waals surface area (Å²) in [5.41, 5.74) is 1.87. The minimum Gasteiger partial charge on any atom is -0.271 e. The second kappa shape index (κ2) is 4.23. The predicted octanol–water partition coefficient (Wildman–Crippen LogP) is 2.72. The molecule has 1 unspecified atom stereocenters. The Balaban J connectivity index is 2.68. The highest BCUT2D eigenvalue weighted by Crippen LogP contribution is 2.20. The SMILES string of the molecule is CC1=CC(C#N)=NC(CC(C)C)C1. The van der Waals surface area contributed by atoms with Crippen LogP contribution in [0.2, 0.25) is 0 Å². The third kappa shape index (κ3) is 3.02. The molecule has 1 rings (SSSR count). The Hall–Kier alpha value is -1.10. The fourth-order valence-corrected chi connectivity index (χ4v) is 1.68. The van der Waals surface area contributed by atoms with Crippen LogP contribution in [-0.4, -0.2) is 11.8 Å². The zero-order chi connectivity index (χ0) is 9.84. The average Bonchev–Trinajstić information content (AvgIpc) is 2.01. The highest BCUT2D eigenvalue weighted by molar-refractivity contribution is 6.08. The summed E-state index contributed by atoms with van der Waals surface area (Å²) in [6, 6.07) is 2.44. The van der Waals surface area contributed by atoms with Crippen molar-refractivity contribution in [1.82, 2.24) is 0 Å². The van der Waals surface area contributed by atoms with Crippen LogP contribution >= 0.6 is 0 Å². The van der Waals surface area contributed by atoms with Gasteiger partial charge in [-0.05, 0) is 31.8 Å². The number of aliphatic imine (C=N–C) groups is 1. The Morgan fingerprint density at radius 2 is 2.38 bits per heavy atom. The lowest BCUT2D eigenvalue weighted by atomic mass is 9.95. The first-order chi connectivity index (χ1) is 6.11. The molecule has 2 heteroatoms. The summed E-state index contributed by atoms with van der Waals surface area (Å²) in [6.45, 7) is 6.45. The molecule has 1 aliphatic heterocycles. The topological polar surface area (TPSA) is 36.1 Å². The van der Waals surface area contributed by atoms with Crippen LogP contribution in [0.3, 0.4) is 0 Å². The summed E-state index contributed by atoms with van der Waals surface area (Å²) in [5.74, 6) is 0.652. The molecule has 0 bridgehead atoms. The molecule has 0 spiro atoms. The smallest absolute Gasteiger partial charge is 0.135 e. The Labute approximate surface area is 80.0 Å². The summed E-state index contributed by atoms with van der Waals surface area (Å²) in [5, 5.41) is 8.74. The molecule has 0 aliphatic carbocycles. The van der Waals surface area contributed by atoms with E-state index in [1.165, 1.54) is 5.57 Å². The van der Waals surface area contributed by atoms with Crippen molar-refractivity contribution in [3.63, 3.8) is 0 Å². The first-order valence-electron chi connectivity index (χ1n) is 4.77. The molecule has 0 aromatic heterocycles. The lowest BCUT2D eigenvalue weighted by Gasteiger charge is -2.18. The van der Waals surface area contributed by atoms with Crippen molar-refractivity contribution >= 4 is 5.71 Å². The van der Waals surface area contributed by atoms with Gasteiger partial charge in [-0.25, -0.2) is 0 Å². The Bertz CT molecular complexity index is 279. The number of hydrogen-bond acceptors (Lipinski definition) is 2. The van der Waals surface area contributed by atoms with Crippen LogP contribution in [0.25, 0.3) is 0 Å². The molecule has 0 N–H and O–H groups in total. The van der Waals surface area contributed by atoms with E-state index in [1.807, 2.05) is 6.08 Å². The molecule has 13 heavy (non-hydrogen) atoms. The van der Waals surface area contributed by atoms with Crippen LogP contribution in [0.1, 0.15) is 33.6 Å². The zero-order valence-corrected chi connectivity index (χ0v) is 8.54. The van der Waals surface area contributed by atoms with Crippen molar-refractivity contribution in [2.24, 2.45) is 10.9 Å². The van der Waals surface area contributed by atoms with Gasteiger partial charge in [0.25, 0.3) is 0 Å². The van der Waals surface area contributed by atoms with E-state index in [-0.39, 0.29) is 0 Å². The summed E-state index contributed by atoms with van der Waals surface area (Å²) in [6.07, 6.45) is 3.98. The Kier molecular flexibility index (Phi) is 3.25. The second-order valence-corrected chi connectivity index (χ2v) is 4.10. The van der Waals surface area contributed by atoms with Crippen molar-refractivity contribution in [3.05, 3.63) is 11.6 Å². The van der Waals surface area contributed by atoms with E-state index >= 15 is 0 Å². The number of nitrogens with zero attached hydrogens (tertiary/aromatic N) is 2. The first-order valence-corrected chi connectivity index (χ1v) is 4.77. The maximum absolute atomic E-state index is 8.74. The molecule has 1 heterocycles. The molecule has 0 saturated heterocycles. The van der Waals surface area contributed by atoms with Gasteiger partial charge in [-0.15, -0.1) is 0 Å². The van der Waals surface area contributed by atoms with Gasteiger partial charge in [0.05, 0.1) is 6.04 Å². The van der Waals surface area contributed by atoms with Crippen molar-refractivity contribution < 1.29 is 0 Å². The van der Waals surface area contributed by atoms with Crippen molar-refractivity contribution in [2.75, 3.05) is 0 Å². The minimum atomic E-state index is 0.333. The monoisotopic (exact) mass is 176 g/mol. The van der Waals surface area contributed by atoms with E-state index in [1.54, 1.807) is 0 Å². The quantitative estimate of drug-likeness (QED) is 0.637. The van der Waals surface area contributed by atoms with Gasteiger partial charge in [0.1, 0.15) is 11.8 Å². The number of hydrogen-bond donors (Lipinski definition) is 0. The normalized spacial score (nSPS) is 22.2. The van der Waals surface area contributed by atoms with Gasteiger partial charge < -0.3 is 0 Å². The molecule has 0 aromatic rings. The molecule has 2 nitrogen and oxygen atoms in total. The summed E-state index contributed by atoms with van der Waals surface area (Å²) < 4.78 is 0. The maximum Gasteiger partial charge on any atom is 0.135 e. The molecule has 0 radical (unpaired) electrons. The lowest BCUT2D eigenvalue weighted by molar-refractivity contribution is 0.492. The Morgan fingerprint density at radius 1 is 1.69 bits per heavy atom. The van der Waals surface area contributed by atoms with Crippen molar-refractivity contribution in [3.8, 4) is 6.07 Å². The maximum atomic E-state index is 8.74. The van der Waals surface area contributed by atoms with E-state index < -0.39 is 0 Å². The fourth-order valence-electron chi connectivity index (χ4n) is 1.68. The number of nitriles is 1. The minimum absolute atomic E-state index is 0.333. The van der Waals surface area contributed by atoms with Gasteiger partial charge in [0.15, 0.2) is 0 Å². The van der Waals surface area contributed by atoms with E-state index in [0.29, 0.717) is 17.7 Å². The molecular formula is C11H16N2. The van der Waals surface area contributed by atoms with E-state index in [9.17, 15) is 0 Å². The molecule has 0 saturated carbocycles. The average molecular weight is 176 g/mol. The van der Waals surface area contributed by atoms with Crippen molar-refractivity contribution in [1.29, 1.82) is 5.26 Å². The van der Waals surface area contributed by atoms with Gasteiger partial charge in [-0.1, -0.05) is 19.4 Å². The molecule has 0 fully saturated rings. The summed E-state index contributed by atoms with van der Waals surface area (Å²) >= 11 is 0. The largest absolute Gasteiger partial charge is 0.271 e. The first kappa shape index (κ1) is 9.98. The summed E-state index contributed by atoms with van der Waals surface area (Å²) in [7, 11) is 0. The molecular weight excluding hydrogens is 160 g/mol. The standard InChI is InChI=1S/C11H16N2/c1-8(2)4-10-5-9(3)6-11(7-12)13-10/h6,8,10H,4-5H2,1-3H3. The van der Waals surface area contributed by atoms with Crippen LogP contribution < -0.4 is 0 Å². The summed E-state index contributed by atoms with van der Waals surface area (Å²) in [4.78, 5) is 4.37.